The van der Waals surface area contributed by atoms with Crippen molar-refractivity contribution in [3.05, 3.63) is 100 Å². The molecule has 274 valence electrons. The highest BCUT2D eigenvalue weighted by atomic mass is 32.3. The third kappa shape index (κ3) is 8.86. The number of alkyl halides is 3. The zero-order valence-electron chi connectivity index (χ0n) is 29.2. The highest BCUT2D eigenvalue weighted by Gasteiger charge is 2.36. The Hall–Kier alpha value is -4.12. The maximum atomic E-state index is 14.2. The number of non-ortho nitro benzene ring substituents is 1. The summed E-state index contributed by atoms with van der Waals surface area (Å²) in [6, 6.07) is 19.0. The van der Waals surface area contributed by atoms with Crippen LogP contribution in [-0.4, -0.2) is 59.3 Å². The molecule has 0 aliphatic carbocycles. The third-order valence-electron chi connectivity index (χ3n) is 7.96. The molecule has 4 aromatic rings. The van der Waals surface area contributed by atoms with Crippen LogP contribution in [0.2, 0.25) is 0 Å². The van der Waals surface area contributed by atoms with Gasteiger partial charge in [0, 0.05) is 45.5 Å². The SMILES string of the molecule is Cc1ccc(-c2cc(C(F)(F)F)nn2-c2ccc(S(=NC(C)(C)CC(C)(C)C)(=NS(=O)(=O)c3ccc([N+](=O)[O-])cc3)N3CCOCC3)cc2)cc1. The van der Waals surface area contributed by atoms with Crippen LogP contribution in [0.3, 0.4) is 0 Å². The van der Waals surface area contributed by atoms with E-state index in [2.05, 4.69) is 29.6 Å². The summed E-state index contributed by atoms with van der Waals surface area (Å²) in [7, 11) is -7.63. The Kier molecular flexibility index (Phi) is 10.6. The number of nitro benzene ring substituents is 1. The molecule has 1 fully saturated rings. The molecule has 0 amide bonds. The van der Waals surface area contributed by atoms with Crippen molar-refractivity contribution in [2.24, 2.45) is 13.5 Å². The molecule has 5 rings (SSSR count). The molecule has 1 unspecified atom stereocenters. The molecule has 0 spiro atoms. The van der Waals surface area contributed by atoms with Gasteiger partial charge in [-0.15, -0.1) is 3.77 Å². The van der Waals surface area contributed by atoms with Crippen LogP contribution in [0, 0.1) is 22.5 Å². The van der Waals surface area contributed by atoms with Gasteiger partial charge in [0.1, 0.15) is 0 Å². The molecule has 1 aliphatic rings. The number of hydrogen-bond acceptors (Lipinski definition) is 7. The third-order valence-corrected chi connectivity index (χ3v) is 13.2. The van der Waals surface area contributed by atoms with E-state index in [1.165, 1.54) is 4.68 Å². The molecular weight excluding hydrogens is 706 g/mol. The maximum Gasteiger partial charge on any atom is 0.435 e. The lowest BCUT2D eigenvalue weighted by Crippen LogP contribution is -2.42. The van der Waals surface area contributed by atoms with Crippen LogP contribution in [-0.2, 0) is 30.7 Å². The van der Waals surface area contributed by atoms with E-state index in [-0.39, 0.29) is 21.7 Å². The average Bonchev–Trinajstić information content (AvgIpc) is 3.50. The summed E-state index contributed by atoms with van der Waals surface area (Å²) < 4.78 is 88.8. The van der Waals surface area contributed by atoms with Gasteiger partial charge in [0.05, 0.1) is 40.0 Å². The Morgan fingerprint density at radius 2 is 1.45 bits per heavy atom. The first-order valence-electron chi connectivity index (χ1n) is 16.2. The van der Waals surface area contributed by atoms with Crippen molar-refractivity contribution in [2.75, 3.05) is 26.3 Å². The minimum Gasteiger partial charge on any atom is -0.379 e. The molecule has 2 heterocycles. The summed E-state index contributed by atoms with van der Waals surface area (Å²) in [5, 5.41) is 15.2. The van der Waals surface area contributed by atoms with Gasteiger partial charge in [-0.1, -0.05) is 50.6 Å². The number of sulfonamides is 1. The van der Waals surface area contributed by atoms with Gasteiger partial charge in [-0.3, -0.25) is 10.1 Å². The topological polar surface area (TPSA) is 132 Å². The number of aryl methyl sites for hydroxylation is 1. The molecule has 1 aromatic heterocycles. The summed E-state index contributed by atoms with van der Waals surface area (Å²) in [6.07, 6.45) is -4.12. The molecule has 1 atom stereocenters. The van der Waals surface area contributed by atoms with Crippen LogP contribution in [0.25, 0.3) is 16.9 Å². The van der Waals surface area contributed by atoms with Gasteiger partial charge >= 0.3 is 6.18 Å². The molecule has 0 N–H and O–H groups in total. The molecule has 0 radical (unpaired) electrons. The summed E-state index contributed by atoms with van der Waals surface area (Å²) in [4.78, 5) is 10.9. The number of nitro groups is 1. The number of halogens is 3. The van der Waals surface area contributed by atoms with Crippen LogP contribution in [0.5, 0.6) is 0 Å². The highest BCUT2D eigenvalue weighted by molar-refractivity contribution is 8.03. The van der Waals surface area contributed by atoms with E-state index < -0.39 is 42.2 Å². The van der Waals surface area contributed by atoms with Gasteiger partial charge in [0.25, 0.3) is 15.7 Å². The van der Waals surface area contributed by atoms with Crippen LogP contribution < -0.4 is 0 Å². The van der Waals surface area contributed by atoms with Crippen molar-refractivity contribution in [1.82, 2.24) is 14.1 Å². The number of ether oxygens (including phenoxy) is 1. The van der Waals surface area contributed by atoms with E-state index >= 15 is 0 Å². The molecule has 11 nitrogen and oxygen atoms in total. The van der Waals surface area contributed by atoms with E-state index in [1.54, 1.807) is 48.5 Å². The minimum atomic E-state index is -4.69. The first-order chi connectivity index (χ1) is 23.7. The largest absolute Gasteiger partial charge is 0.435 e. The molecule has 0 saturated carbocycles. The first-order valence-corrected chi connectivity index (χ1v) is 19.1. The molecular formula is C35H41F3N6O5S2. The van der Waals surface area contributed by atoms with Gasteiger partial charge in [-0.25, -0.2) is 13.3 Å². The quantitative estimate of drug-likeness (QED) is 0.124. The number of hydrogen-bond donors (Lipinski definition) is 0. The lowest BCUT2D eigenvalue weighted by Gasteiger charge is -2.37. The van der Waals surface area contributed by atoms with Gasteiger partial charge in [-0.05, 0) is 75.1 Å². The zero-order chi connectivity index (χ0) is 37.4. The molecule has 1 saturated heterocycles. The number of nitrogens with zero attached hydrogens (tertiary/aromatic N) is 6. The van der Waals surface area contributed by atoms with Crippen molar-refractivity contribution < 1.29 is 31.2 Å². The number of morpholine rings is 1. The smallest absolute Gasteiger partial charge is 0.379 e. The van der Waals surface area contributed by atoms with Gasteiger partial charge in [0.2, 0.25) is 0 Å². The second-order valence-electron chi connectivity index (χ2n) is 14.2. The fraction of sp³-hybridized carbons (Fsp3) is 0.400. The van der Waals surface area contributed by atoms with Crippen molar-refractivity contribution in [3.8, 4) is 16.9 Å². The Balaban J connectivity index is 1.77. The molecule has 51 heavy (non-hydrogen) atoms. The fourth-order valence-corrected chi connectivity index (χ4v) is 11.4. The highest BCUT2D eigenvalue weighted by Crippen LogP contribution is 2.37. The van der Waals surface area contributed by atoms with Crippen molar-refractivity contribution >= 4 is 25.5 Å². The van der Waals surface area contributed by atoms with Crippen LogP contribution >= 0.6 is 0 Å². The summed E-state index contributed by atoms with van der Waals surface area (Å²) >= 11 is 0. The number of benzene rings is 3. The van der Waals surface area contributed by atoms with Gasteiger partial charge < -0.3 is 4.74 Å². The average molecular weight is 747 g/mol. The van der Waals surface area contributed by atoms with E-state index in [0.717, 1.165) is 35.9 Å². The van der Waals surface area contributed by atoms with E-state index in [0.29, 0.717) is 48.9 Å². The van der Waals surface area contributed by atoms with Crippen molar-refractivity contribution in [2.45, 2.75) is 69.5 Å². The van der Waals surface area contributed by atoms with Gasteiger partial charge in [-0.2, -0.15) is 26.7 Å². The van der Waals surface area contributed by atoms with Gasteiger partial charge in [0.15, 0.2) is 5.69 Å². The van der Waals surface area contributed by atoms with E-state index in [1.807, 2.05) is 25.1 Å². The number of aromatic nitrogens is 2. The van der Waals surface area contributed by atoms with E-state index in [9.17, 15) is 31.7 Å². The molecule has 16 heteroatoms. The predicted molar refractivity (Wildman–Crippen MR) is 190 cm³/mol. The molecule has 3 aromatic carbocycles. The Morgan fingerprint density at radius 1 is 0.882 bits per heavy atom. The minimum absolute atomic E-state index is 0.201. The monoisotopic (exact) mass is 746 g/mol. The Bertz CT molecular complexity index is 2130. The Morgan fingerprint density at radius 3 is 1.98 bits per heavy atom. The maximum absolute atomic E-state index is 14.2. The van der Waals surface area contributed by atoms with Crippen LogP contribution in [0.4, 0.5) is 18.9 Å². The standard InChI is InChI=1S/C35H41F3N6O5S2/c1-25-7-9-26(10-8-25)31-23-32(35(36,37)38)39-43(31)27-11-15-29(16-12-27)50(42-19-21-49-22-20-42,40-34(5,6)24-33(2,3)4)41-51(47,48)30-17-13-28(14-18-30)44(45)46/h7-18,23H,19-22,24H2,1-6H3. The predicted octanol–water partition coefficient (Wildman–Crippen LogP) is 8.51. The molecule has 0 bridgehead atoms. The summed E-state index contributed by atoms with van der Waals surface area (Å²) in [5.41, 5.74) is -0.324. The lowest BCUT2D eigenvalue weighted by atomic mass is 9.82. The normalized spacial score (nSPS) is 16.0. The zero-order valence-corrected chi connectivity index (χ0v) is 30.8. The van der Waals surface area contributed by atoms with Crippen LogP contribution in [0.15, 0.2) is 96.8 Å². The fourth-order valence-electron chi connectivity index (χ4n) is 6.18. The van der Waals surface area contributed by atoms with Crippen molar-refractivity contribution in [3.63, 3.8) is 0 Å². The second kappa shape index (κ2) is 14.1. The molecule has 1 aliphatic heterocycles. The van der Waals surface area contributed by atoms with Crippen molar-refractivity contribution in [1.29, 1.82) is 0 Å². The summed E-state index contributed by atoms with van der Waals surface area (Å²) in [6.45, 7) is 13.1. The second-order valence-corrected chi connectivity index (χ2v) is 18.4. The van der Waals surface area contributed by atoms with Crippen LogP contribution in [0.1, 0.15) is 52.3 Å². The Labute approximate surface area is 296 Å². The summed E-state index contributed by atoms with van der Waals surface area (Å²) in [5.74, 6) is 0. The van der Waals surface area contributed by atoms with E-state index in [4.69, 9.17) is 9.10 Å². The lowest BCUT2D eigenvalue weighted by molar-refractivity contribution is -0.384. The number of rotatable bonds is 9. The first kappa shape index (κ1) is 38.1.